The number of amides is 4. The monoisotopic (exact) mass is 310 g/mol. The smallest absolute Gasteiger partial charge is 0.334 e. The number of hydrogen-bond donors (Lipinski definition) is 6. The molecule has 9 nitrogen and oxygen atoms in total. The number of hydrogen-bond acceptors (Lipinski definition) is 5. The third-order valence-electron chi connectivity index (χ3n) is 2.74. The number of aliphatic hydroxyl groups excluding tert-OH is 2. The van der Waals surface area contributed by atoms with Crippen LogP contribution in [-0.4, -0.2) is 40.2 Å². The normalized spacial score (nSPS) is 14.3. The predicted molar refractivity (Wildman–Crippen MR) is 75.9 cm³/mol. The molecule has 0 heterocycles. The predicted octanol–water partition coefficient (Wildman–Crippen LogP) is -1.71. The highest BCUT2D eigenvalue weighted by Crippen LogP contribution is 2.11. The molecule has 1 rings (SSSR count). The molecule has 0 spiro atoms. The van der Waals surface area contributed by atoms with Gasteiger partial charge in [0.25, 0.3) is 5.91 Å². The quantitative estimate of drug-likeness (QED) is 0.357. The number of rotatable bonds is 5. The van der Waals surface area contributed by atoms with Gasteiger partial charge in [-0.25, -0.2) is 10.2 Å². The molecule has 1 aromatic rings. The van der Waals surface area contributed by atoms with Crippen molar-refractivity contribution in [3.05, 3.63) is 35.9 Å². The van der Waals surface area contributed by atoms with Crippen LogP contribution in [0.3, 0.4) is 0 Å². The van der Waals surface area contributed by atoms with E-state index in [1.807, 2.05) is 10.9 Å². The number of carbonyl (C=O) groups excluding carboxylic acids is 3. The zero-order valence-electron chi connectivity index (χ0n) is 11.8. The highest BCUT2D eigenvalue weighted by atomic mass is 16.3. The average Bonchev–Trinajstić information content (AvgIpc) is 2.49. The van der Waals surface area contributed by atoms with Crippen LogP contribution in [0.1, 0.15) is 18.6 Å². The Balaban J connectivity index is 2.50. The molecule has 0 aliphatic carbocycles. The van der Waals surface area contributed by atoms with E-state index >= 15 is 0 Å². The molecule has 9 heteroatoms. The molecule has 22 heavy (non-hydrogen) atoms. The van der Waals surface area contributed by atoms with Crippen LogP contribution in [0.15, 0.2) is 30.3 Å². The molecule has 120 valence electrons. The average molecular weight is 310 g/mol. The molecule has 0 saturated heterocycles. The van der Waals surface area contributed by atoms with Crippen LogP contribution in [-0.2, 0) is 9.59 Å². The molecule has 0 radical (unpaired) electrons. The lowest BCUT2D eigenvalue weighted by atomic mass is 10.1. The van der Waals surface area contributed by atoms with Crippen molar-refractivity contribution in [1.29, 1.82) is 0 Å². The van der Waals surface area contributed by atoms with Crippen LogP contribution in [0.2, 0.25) is 0 Å². The van der Waals surface area contributed by atoms with E-state index in [0.29, 0.717) is 5.56 Å². The molecular weight excluding hydrogens is 292 g/mol. The van der Waals surface area contributed by atoms with Crippen molar-refractivity contribution in [2.24, 2.45) is 5.73 Å². The molecule has 0 aliphatic rings. The first-order chi connectivity index (χ1) is 10.3. The topological polar surface area (TPSA) is 154 Å². The molecule has 0 saturated carbocycles. The van der Waals surface area contributed by atoms with Gasteiger partial charge < -0.3 is 21.3 Å². The molecule has 7 N–H and O–H groups in total. The number of aliphatic hydroxyl groups is 2. The maximum Gasteiger partial charge on any atom is 0.334 e. The van der Waals surface area contributed by atoms with Crippen molar-refractivity contribution in [2.75, 3.05) is 0 Å². The van der Waals surface area contributed by atoms with Crippen molar-refractivity contribution >= 4 is 17.8 Å². The van der Waals surface area contributed by atoms with Gasteiger partial charge in [0, 0.05) is 0 Å². The van der Waals surface area contributed by atoms with Crippen molar-refractivity contribution < 1.29 is 24.6 Å². The molecule has 0 aromatic heterocycles. The van der Waals surface area contributed by atoms with Gasteiger partial charge in [-0.15, -0.1) is 0 Å². The van der Waals surface area contributed by atoms with E-state index in [1.54, 1.807) is 30.3 Å². The highest BCUT2D eigenvalue weighted by molar-refractivity contribution is 5.88. The molecule has 0 fully saturated rings. The SMILES string of the molecule is CC(O)C(NC(=O)NNC(=O)[C@@H](O)c1ccccc1)C(N)=O. The second-order valence-corrected chi connectivity index (χ2v) is 4.52. The van der Waals surface area contributed by atoms with Crippen LogP contribution in [0.5, 0.6) is 0 Å². The third kappa shape index (κ3) is 5.04. The lowest BCUT2D eigenvalue weighted by Crippen LogP contribution is -2.56. The van der Waals surface area contributed by atoms with Crippen molar-refractivity contribution in [2.45, 2.75) is 25.2 Å². The Bertz CT molecular complexity index is 534. The van der Waals surface area contributed by atoms with Gasteiger partial charge in [0.05, 0.1) is 6.10 Å². The summed E-state index contributed by atoms with van der Waals surface area (Å²) in [6, 6.07) is 5.83. The zero-order valence-corrected chi connectivity index (χ0v) is 11.8. The Kier molecular flexibility index (Phi) is 6.29. The standard InChI is InChI=1S/C13H18N4O5/c1-7(18)9(11(14)20)15-13(22)17-16-12(21)10(19)8-5-3-2-4-6-8/h2-7,9-10,18-19H,1H3,(H2,14,20)(H,16,21)(H2,15,17,22)/t7?,9?,10-/m0/s1. The number of nitrogens with two attached hydrogens (primary N) is 1. The van der Waals surface area contributed by atoms with E-state index in [-0.39, 0.29) is 0 Å². The Hall–Kier alpha value is -2.65. The Morgan fingerprint density at radius 1 is 1.09 bits per heavy atom. The summed E-state index contributed by atoms with van der Waals surface area (Å²) in [5, 5.41) is 21.1. The fraction of sp³-hybridized carbons (Fsp3) is 0.308. The molecule has 3 atom stereocenters. The van der Waals surface area contributed by atoms with Crippen LogP contribution in [0.25, 0.3) is 0 Å². The van der Waals surface area contributed by atoms with E-state index < -0.39 is 36.1 Å². The maximum absolute atomic E-state index is 11.7. The summed E-state index contributed by atoms with van der Waals surface area (Å²) in [6.45, 7) is 1.27. The first-order valence-electron chi connectivity index (χ1n) is 6.39. The van der Waals surface area contributed by atoms with Gasteiger partial charge in [-0.05, 0) is 12.5 Å². The van der Waals surface area contributed by atoms with Crippen LogP contribution in [0.4, 0.5) is 4.79 Å². The number of primary amides is 1. The Morgan fingerprint density at radius 3 is 2.18 bits per heavy atom. The van der Waals surface area contributed by atoms with Gasteiger partial charge in [0.15, 0.2) is 6.10 Å². The van der Waals surface area contributed by atoms with Crippen molar-refractivity contribution in [1.82, 2.24) is 16.2 Å². The Morgan fingerprint density at radius 2 is 1.68 bits per heavy atom. The largest absolute Gasteiger partial charge is 0.391 e. The number of benzene rings is 1. The lowest BCUT2D eigenvalue weighted by Gasteiger charge is -2.19. The van der Waals surface area contributed by atoms with Gasteiger partial charge in [-0.1, -0.05) is 30.3 Å². The van der Waals surface area contributed by atoms with Gasteiger partial charge in [-0.3, -0.25) is 15.0 Å². The summed E-state index contributed by atoms with van der Waals surface area (Å²) >= 11 is 0. The van der Waals surface area contributed by atoms with Crippen molar-refractivity contribution in [3.8, 4) is 0 Å². The molecular formula is C13H18N4O5. The van der Waals surface area contributed by atoms with Crippen LogP contribution >= 0.6 is 0 Å². The van der Waals surface area contributed by atoms with Gasteiger partial charge in [0.2, 0.25) is 5.91 Å². The van der Waals surface area contributed by atoms with Gasteiger partial charge in [0.1, 0.15) is 6.04 Å². The number of hydrazine groups is 1. The van der Waals surface area contributed by atoms with E-state index in [2.05, 4.69) is 5.32 Å². The van der Waals surface area contributed by atoms with Crippen LogP contribution < -0.4 is 21.9 Å². The van der Waals surface area contributed by atoms with Crippen molar-refractivity contribution in [3.63, 3.8) is 0 Å². The number of urea groups is 1. The summed E-state index contributed by atoms with van der Waals surface area (Å²) in [5.74, 6) is -1.80. The number of carbonyl (C=O) groups is 3. The summed E-state index contributed by atoms with van der Waals surface area (Å²) < 4.78 is 0. The minimum atomic E-state index is -1.47. The zero-order chi connectivity index (χ0) is 16.7. The Labute approximate surface area is 126 Å². The molecule has 1 aromatic carbocycles. The summed E-state index contributed by atoms with van der Waals surface area (Å²) in [7, 11) is 0. The van der Waals surface area contributed by atoms with E-state index in [4.69, 9.17) is 5.73 Å². The van der Waals surface area contributed by atoms with Gasteiger partial charge in [-0.2, -0.15) is 0 Å². The second kappa shape index (κ2) is 7.96. The van der Waals surface area contributed by atoms with E-state index in [1.165, 1.54) is 6.92 Å². The molecule has 4 amide bonds. The molecule has 2 unspecified atom stereocenters. The van der Waals surface area contributed by atoms with Crippen LogP contribution in [0, 0.1) is 0 Å². The molecule has 0 bridgehead atoms. The highest BCUT2D eigenvalue weighted by Gasteiger charge is 2.24. The maximum atomic E-state index is 11.7. The van der Waals surface area contributed by atoms with Gasteiger partial charge >= 0.3 is 6.03 Å². The minimum absolute atomic E-state index is 0.348. The molecule has 0 aliphatic heterocycles. The summed E-state index contributed by atoms with van der Waals surface area (Å²) in [4.78, 5) is 34.1. The van der Waals surface area contributed by atoms with E-state index in [9.17, 15) is 24.6 Å². The lowest BCUT2D eigenvalue weighted by molar-refractivity contribution is -0.130. The third-order valence-corrected chi connectivity index (χ3v) is 2.74. The first-order valence-corrected chi connectivity index (χ1v) is 6.39. The fourth-order valence-corrected chi connectivity index (χ4v) is 1.58. The fourth-order valence-electron chi connectivity index (χ4n) is 1.58. The number of nitrogens with one attached hydrogen (secondary N) is 3. The minimum Gasteiger partial charge on any atom is -0.391 e. The first kappa shape index (κ1) is 17.4. The second-order valence-electron chi connectivity index (χ2n) is 4.52. The summed E-state index contributed by atoms with van der Waals surface area (Å²) in [5.41, 5.74) is 9.27. The summed E-state index contributed by atoms with van der Waals surface area (Å²) in [6.07, 6.45) is -2.67. The van der Waals surface area contributed by atoms with E-state index in [0.717, 1.165) is 0 Å².